The van der Waals surface area contributed by atoms with Crippen molar-refractivity contribution in [1.82, 2.24) is 5.32 Å². The second-order valence-electron chi connectivity index (χ2n) is 8.90. The van der Waals surface area contributed by atoms with E-state index in [1.54, 1.807) is 0 Å². The van der Waals surface area contributed by atoms with E-state index in [4.69, 9.17) is 14.2 Å². The number of hydrogen-bond donors (Lipinski definition) is 1. The zero-order valence-electron chi connectivity index (χ0n) is 21.8. The molecule has 8 heteroatoms. The predicted molar refractivity (Wildman–Crippen MR) is 144 cm³/mol. The Kier molecular flexibility index (Phi) is 12.2. The third kappa shape index (κ3) is 11.6. The molecule has 0 aliphatic carbocycles. The summed E-state index contributed by atoms with van der Waals surface area (Å²) in [5.74, 6) is -1.97. The van der Waals surface area contributed by atoms with Crippen LogP contribution in [-0.2, 0) is 53.2 Å². The van der Waals surface area contributed by atoms with Crippen molar-refractivity contribution in [2.24, 2.45) is 0 Å². The summed E-state index contributed by atoms with van der Waals surface area (Å²) >= 11 is 0. The van der Waals surface area contributed by atoms with Crippen LogP contribution in [0.15, 0.2) is 91.0 Å². The number of rotatable bonds is 15. The molecule has 0 radical (unpaired) electrons. The molecule has 0 saturated heterocycles. The molecule has 0 bridgehead atoms. The van der Waals surface area contributed by atoms with E-state index in [0.717, 1.165) is 16.7 Å². The third-order valence-electron chi connectivity index (χ3n) is 5.75. The van der Waals surface area contributed by atoms with Gasteiger partial charge in [-0.1, -0.05) is 91.0 Å². The Morgan fingerprint density at radius 1 is 0.564 bits per heavy atom. The lowest BCUT2D eigenvalue weighted by molar-refractivity contribution is -0.151. The van der Waals surface area contributed by atoms with Crippen molar-refractivity contribution in [3.8, 4) is 0 Å². The van der Waals surface area contributed by atoms with Gasteiger partial charge in [0.05, 0.1) is 0 Å². The largest absolute Gasteiger partial charge is 0.461 e. The lowest BCUT2D eigenvalue weighted by Crippen LogP contribution is -2.42. The highest BCUT2D eigenvalue weighted by atomic mass is 16.5. The molecule has 0 aliphatic heterocycles. The van der Waals surface area contributed by atoms with Crippen molar-refractivity contribution >= 4 is 23.8 Å². The highest BCUT2D eigenvalue weighted by molar-refractivity contribution is 5.85. The van der Waals surface area contributed by atoms with Crippen molar-refractivity contribution in [3.05, 3.63) is 108 Å². The van der Waals surface area contributed by atoms with Gasteiger partial charge in [0.1, 0.15) is 25.9 Å². The van der Waals surface area contributed by atoms with E-state index in [1.165, 1.54) is 0 Å². The van der Waals surface area contributed by atoms with Crippen molar-refractivity contribution in [1.29, 1.82) is 0 Å². The number of ether oxygens (including phenoxy) is 3. The second kappa shape index (κ2) is 16.4. The standard InChI is InChI=1S/C31H33NO7/c33-28(17-10-18-29(34)37-21-24-11-4-1-5-12-24)32-27(31(36)39-23-26-15-8-3-9-16-26)19-20-30(35)38-22-25-13-6-2-7-14-25/h1-9,11-16,27H,10,17-23H2,(H,32,33). The van der Waals surface area contributed by atoms with E-state index in [-0.39, 0.29) is 51.9 Å². The van der Waals surface area contributed by atoms with Gasteiger partial charge in [0.25, 0.3) is 0 Å². The second-order valence-corrected chi connectivity index (χ2v) is 8.90. The Labute approximate surface area is 228 Å². The van der Waals surface area contributed by atoms with Crippen LogP contribution in [0.25, 0.3) is 0 Å². The maximum Gasteiger partial charge on any atom is 0.328 e. The zero-order chi connectivity index (χ0) is 27.7. The quantitative estimate of drug-likeness (QED) is 0.225. The van der Waals surface area contributed by atoms with Gasteiger partial charge in [0, 0.05) is 19.3 Å². The Morgan fingerprint density at radius 3 is 1.49 bits per heavy atom. The molecule has 204 valence electrons. The Balaban J connectivity index is 1.45. The molecule has 3 rings (SSSR count). The molecule has 1 N–H and O–H groups in total. The van der Waals surface area contributed by atoms with Crippen molar-refractivity contribution in [3.63, 3.8) is 0 Å². The van der Waals surface area contributed by atoms with Crippen LogP contribution >= 0.6 is 0 Å². The Morgan fingerprint density at radius 2 is 1.00 bits per heavy atom. The summed E-state index contributed by atoms with van der Waals surface area (Å²) in [5, 5.41) is 2.64. The molecule has 0 spiro atoms. The first kappa shape index (κ1) is 29.1. The van der Waals surface area contributed by atoms with Crippen molar-refractivity contribution in [2.45, 2.75) is 58.0 Å². The van der Waals surface area contributed by atoms with Gasteiger partial charge in [-0.2, -0.15) is 0 Å². The van der Waals surface area contributed by atoms with Gasteiger partial charge in [-0.05, 0) is 29.5 Å². The average molecular weight is 532 g/mol. The summed E-state index contributed by atoms with van der Waals surface area (Å²) < 4.78 is 15.9. The number of amides is 1. The summed E-state index contributed by atoms with van der Waals surface area (Å²) in [5.41, 5.74) is 2.52. The number of esters is 3. The molecule has 8 nitrogen and oxygen atoms in total. The zero-order valence-corrected chi connectivity index (χ0v) is 21.8. The fraction of sp³-hybridized carbons (Fsp3) is 0.290. The van der Waals surface area contributed by atoms with Gasteiger partial charge >= 0.3 is 17.9 Å². The van der Waals surface area contributed by atoms with E-state index in [2.05, 4.69) is 5.32 Å². The SMILES string of the molecule is O=C(CCCC(=O)OCc1ccccc1)NC(CCC(=O)OCc1ccccc1)C(=O)OCc1ccccc1. The van der Waals surface area contributed by atoms with Crippen LogP contribution in [0.1, 0.15) is 48.8 Å². The average Bonchev–Trinajstić information content (AvgIpc) is 2.97. The third-order valence-corrected chi connectivity index (χ3v) is 5.75. The van der Waals surface area contributed by atoms with Gasteiger partial charge in [-0.3, -0.25) is 14.4 Å². The molecular formula is C31H33NO7. The number of hydrogen-bond acceptors (Lipinski definition) is 7. The van der Waals surface area contributed by atoms with Crippen LogP contribution in [0.3, 0.4) is 0 Å². The normalized spacial score (nSPS) is 11.2. The minimum atomic E-state index is -1.03. The first-order valence-corrected chi connectivity index (χ1v) is 12.9. The van der Waals surface area contributed by atoms with Gasteiger partial charge in [0.2, 0.25) is 5.91 Å². The van der Waals surface area contributed by atoms with Gasteiger partial charge in [-0.15, -0.1) is 0 Å². The lowest BCUT2D eigenvalue weighted by atomic mass is 10.1. The Hall–Kier alpha value is -4.46. The van der Waals surface area contributed by atoms with Crippen molar-refractivity contribution in [2.75, 3.05) is 0 Å². The number of nitrogens with one attached hydrogen (secondary N) is 1. The molecular weight excluding hydrogens is 498 g/mol. The van der Waals surface area contributed by atoms with E-state index >= 15 is 0 Å². The first-order valence-electron chi connectivity index (χ1n) is 12.9. The molecule has 1 unspecified atom stereocenters. The predicted octanol–water partition coefficient (Wildman–Crippen LogP) is 4.65. The highest BCUT2D eigenvalue weighted by Gasteiger charge is 2.24. The van der Waals surface area contributed by atoms with E-state index in [9.17, 15) is 19.2 Å². The highest BCUT2D eigenvalue weighted by Crippen LogP contribution is 2.09. The van der Waals surface area contributed by atoms with Gasteiger partial charge in [-0.25, -0.2) is 4.79 Å². The first-order chi connectivity index (χ1) is 19.0. The number of benzene rings is 3. The molecule has 1 amide bonds. The summed E-state index contributed by atoms with van der Waals surface area (Å²) in [7, 11) is 0. The molecule has 0 aromatic heterocycles. The van der Waals surface area contributed by atoms with Gasteiger partial charge < -0.3 is 19.5 Å². The molecule has 1 atom stereocenters. The van der Waals surface area contributed by atoms with Gasteiger partial charge in [0.15, 0.2) is 0 Å². The van der Waals surface area contributed by atoms with Crippen LogP contribution in [-0.4, -0.2) is 29.9 Å². The van der Waals surface area contributed by atoms with E-state index < -0.39 is 29.9 Å². The van der Waals surface area contributed by atoms with E-state index in [0.29, 0.717) is 0 Å². The number of carbonyl (C=O) groups excluding carboxylic acids is 4. The molecule has 0 saturated carbocycles. The topological polar surface area (TPSA) is 108 Å². The smallest absolute Gasteiger partial charge is 0.328 e. The Bertz CT molecular complexity index is 1180. The summed E-state index contributed by atoms with van der Waals surface area (Å²) in [6.07, 6.45) is 0.275. The maximum absolute atomic E-state index is 12.8. The summed E-state index contributed by atoms with van der Waals surface area (Å²) in [4.78, 5) is 49.6. The van der Waals surface area contributed by atoms with Crippen molar-refractivity contribution < 1.29 is 33.4 Å². The van der Waals surface area contributed by atoms with Crippen LogP contribution in [0.5, 0.6) is 0 Å². The van der Waals surface area contributed by atoms with Crippen LogP contribution < -0.4 is 5.32 Å². The molecule has 0 aliphatic rings. The fourth-order valence-corrected chi connectivity index (χ4v) is 3.62. The monoisotopic (exact) mass is 531 g/mol. The van der Waals surface area contributed by atoms with Crippen LogP contribution in [0, 0.1) is 0 Å². The minimum Gasteiger partial charge on any atom is -0.461 e. The van der Waals surface area contributed by atoms with Crippen LogP contribution in [0.2, 0.25) is 0 Å². The molecule has 0 fully saturated rings. The molecule has 39 heavy (non-hydrogen) atoms. The van der Waals surface area contributed by atoms with Crippen LogP contribution in [0.4, 0.5) is 0 Å². The lowest BCUT2D eigenvalue weighted by Gasteiger charge is -2.18. The number of carbonyl (C=O) groups is 4. The fourth-order valence-electron chi connectivity index (χ4n) is 3.62. The molecule has 3 aromatic carbocycles. The minimum absolute atomic E-state index is 0.0152. The summed E-state index contributed by atoms with van der Waals surface area (Å²) in [6, 6.07) is 26.7. The molecule has 0 heterocycles. The summed E-state index contributed by atoms with van der Waals surface area (Å²) in [6.45, 7) is 0.328. The molecule has 3 aromatic rings. The van der Waals surface area contributed by atoms with E-state index in [1.807, 2.05) is 91.0 Å². The maximum atomic E-state index is 12.8.